The predicted octanol–water partition coefficient (Wildman–Crippen LogP) is 1.89. The maximum absolute atomic E-state index is 10.5. The van der Waals surface area contributed by atoms with Gasteiger partial charge in [0.1, 0.15) is 0 Å². The van der Waals surface area contributed by atoms with Crippen LogP contribution in [0.3, 0.4) is 0 Å². The molecule has 2 atom stereocenters. The highest BCUT2D eigenvalue weighted by Gasteiger charge is 2.23. The zero-order valence-electron chi connectivity index (χ0n) is 9.91. The third kappa shape index (κ3) is 3.25. The Balaban J connectivity index is 2.88. The molecule has 0 aliphatic rings. The van der Waals surface area contributed by atoms with Crippen LogP contribution in [0.25, 0.3) is 0 Å². The van der Waals surface area contributed by atoms with E-state index in [1.807, 2.05) is 13.8 Å². The van der Waals surface area contributed by atoms with E-state index in [1.165, 1.54) is 24.3 Å². The third-order valence-electron chi connectivity index (χ3n) is 2.92. The fourth-order valence-electron chi connectivity index (χ4n) is 1.72. The van der Waals surface area contributed by atoms with E-state index < -0.39 is 11.0 Å². The molecule has 0 fully saturated rings. The van der Waals surface area contributed by atoms with E-state index in [4.69, 9.17) is 0 Å². The molecule has 5 nitrogen and oxygen atoms in total. The number of rotatable bonds is 5. The van der Waals surface area contributed by atoms with Gasteiger partial charge in [-0.05, 0) is 23.6 Å². The Morgan fingerprint density at radius 3 is 2.18 bits per heavy atom. The minimum atomic E-state index is -0.805. The molecular formula is C12H17NO4. The minimum absolute atomic E-state index is 0.00829. The molecule has 17 heavy (non-hydrogen) atoms. The topological polar surface area (TPSA) is 83.6 Å². The van der Waals surface area contributed by atoms with Crippen LogP contribution in [0.4, 0.5) is 5.69 Å². The summed E-state index contributed by atoms with van der Waals surface area (Å²) < 4.78 is 0. The highest BCUT2D eigenvalue weighted by Crippen LogP contribution is 2.28. The summed E-state index contributed by atoms with van der Waals surface area (Å²) in [6.45, 7) is 3.71. The molecule has 1 aromatic carbocycles. The van der Waals surface area contributed by atoms with Gasteiger partial charge in [0, 0.05) is 24.7 Å². The van der Waals surface area contributed by atoms with Crippen molar-refractivity contribution in [3.8, 4) is 0 Å². The van der Waals surface area contributed by atoms with Crippen LogP contribution in [0.5, 0.6) is 0 Å². The van der Waals surface area contributed by atoms with Gasteiger partial charge in [0.2, 0.25) is 0 Å². The summed E-state index contributed by atoms with van der Waals surface area (Å²) in [5.41, 5.74) is 0.578. The average Bonchev–Trinajstić information content (AvgIpc) is 2.29. The number of hydrogen-bond donors (Lipinski definition) is 2. The van der Waals surface area contributed by atoms with Crippen molar-refractivity contribution >= 4 is 5.69 Å². The lowest BCUT2D eigenvalue weighted by Crippen LogP contribution is -2.22. The lowest BCUT2D eigenvalue weighted by Gasteiger charge is -2.24. The molecule has 0 saturated carbocycles. The molecular weight excluding hydrogens is 222 g/mol. The fraction of sp³-hybridized carbons (Fsp3) is 0.500. The Morgan fingerprint density at radius 1 is 1.29 bits per heavy atom. The van der Waals surface area contributed by atoms with Crippen molar-refractivity contribution in [2.75, 3.05) is 6.61 Å². The molecule has 5 heteroatoms. The third-order valence-corrected chi connectivity index (χ3v) is 2.92. The summed E-state index contributed by atoms with van der Waals surface area (Å²) in [4.78, 5) is 10.00. The van der Waals surface area contributed by atoms with Crippen LogP contribution < -0.4 is 0 Å². The summed E-state index contributed by atoms with van der Waals surface area (Å²) in [7, 11) is 0. The van der Waals surface area contributed by atoms with Crippen LogP contribution in [0.15, 0.2) is 24.3 Å². The highest BCUT2D eigenvalue weighted by molar-refractivity contribution is 5.33. The van der Waals surface area contributed by atoms with Gasteiger partial charge in [0.05, 0.1) is 11.0 Å². The van der Waals surface area contributed by atoms with Gasteiger partial charge in [-0.1, -0.05) is 13.8 Å². The smallest absolute Gasteiger partial charge is 0.269 e. The number of aliphatic hydroxyl groups is 2. The van der Waals surface area contributed by atoms with Gasteiger partial charge in [-0.2, -0.15) is 0 Å². The molecule has 0 aromatic heterocycles. The summed E-state index contributed by atoms with van der Waals surface area (Å²) in [6, 6.07) is 5.75. The second-order valence-electron chi connectivity index (χ2n) is 4.38. The van der Waals surface area contributed by atoms with E-state index in [0.29, 0.717) is 5.56 Å². The van der Waals surface area contributed by atoms with Crippen LogP contribution >= 0.6 is 0 Å². The van der Waals surface area contributed by atoms with Crippen molar-refractivity contribution in [3.63, 3.8) is 0 Å². The molecule has 2 unspecified atom stereocenters. The van der Waals surface area contributed by atoms with E-state index >= 15 is 0 Å². The first-order valence-electron chi connectivity index (χ1n) is 5.50. The number of nitrogens with zero attached hydrogens (tertiary/aromatic N) is 1. The number of non-ortho nitro benzene ring substituents is 1. The first-order valence-corrected chi connectivity index (χ1v) is 5.50. The normalized spacial score (nSPS) is 14.6. The molecule has 0 saturated heterocycles. The van der Waals surface area contributed by atoms with Gasteiger partial charge >= 0.3 is 0 Å². The van der Waals surface area contributed by atoms with Crippen molar-refractivity contribution < 1.29 is 15.1 Å². The molecule has 0 heterocycles. The van der Waals surface area contributed by atoms with Gasteiger partial charge in [-0.25, -0.2) is 0 Å². The van der Waals surface area contributed by atoms with E-state index in [9.17, 15) is 20.3 Å². The molecule has 0 amide bonds. The molecule has 0 bridgehead atoms. The summed E-state index contributed by atoms with van der Waals surface area (Å²) in [5, 5.41) is 29.7. The van der Waals surface area contributed by atoms with Gasteiger partial charge in [-0.15, -0.1) is 0 Å². The molecule has 1 rings (SSSR count). The molecule has 0 aliphatic heterocycles. The Bertz CT molecular complexity index is 375. The number of aliphatic hydroxyl groups excluding tert-OH is 2. The van der Waals surface area contributed by atoms with Crippen molar-refractivity contribution in [3.05, 3.63) is 39.9 Å². The number of nitro benzene ring substituents is 1. The molecule has 2 N–H and O–H groups in total. The molecule has 0 aliphatic carbocycles. The monoisotopic (exact) mass is 239 g/mol. The van der Waals surface area contributed by atoms with Gasteiger partial charge in [0.25, 0.3) is 5.69 Å². The van der Waals surface area contributed by atoms with Crippen molar-refractivity contribution in [1.29, 1.82) is 0 Å². The average molecular weight is 239 g/mol. The quantitative estimate of drug-likeness (QED) is 0.607. The second-order valence-corrected chi connectivity index (χ2v) is 4.38. The predicted molar refractivity (Wildman–Crippen MR) is 63.5 cm³/mol. The lowest BCUT2D eigenvalue weighted by molar-refractivity contribution is -0.384. The van der Waals surface area contributed by atoms with E-state index in [1.54, 1.807) is 0 Å². The standard InChI is InChI=1S/C12H17NO4/c1-8(2)11(7-14)12(15)9-3-5-10(6-4-9)13(16)17/h3-6,8,11-12,14-15H,7H2,1-2H3. The van der Waals surface area contributed by atoms with Gasteiger partial charge < -0.3 is 10.2 Å². The fourth-order valence-corrected chi connectivity index (χ4v) is 1.72. The zero-order valence-corrected chi connectivity index (χ0v) is 9.91. The summed E-state index contributed by atoms with van der Waals surface area (Å²) >= 11 is 0. The highest BCUT2D eigenvalue weighted by atomic mass is 16.6. The molecule has 1 aromatic rings. The molecule has 94 valence electrons. The number of hydrogen-bond acceptors (Lipinski definition) is 4. The van der Waals surface area contributed by atoms with E-state index in [2.05, 4.69) is 0 Å². The van der Waals surface area contributed by atoms with Gasteiger partial charge in [0.15, 0.2) is 0 Å². The SMILES string of the molecule is CC(C)C(CO)C(O)c1ccc([N+](=O)[O-])cc1. The Hall–Kier alpha value is -1.46. The summed E-state index contributed by atoms with van der Waals surface area (Å²) in [6.07, 6.45) is -0.805. The Morgan fingerprint density at radius 2 is 1.82 bits per heavy atom. The molecule has 0 spiro atoms. The lowest BCUT2D eigenvalue weighted by atomic mass is 9.87. The van der Waals surface area contributed by atoms with Crippen LogP contribution in [-0.2, 0) is 0 Å². The first-order chi connectivity index (χ1) is 7.97. The Kier molecular flexibility index (Phi) is 4.60. The van der Waals surface area contributed by atoms with Crippen molar-refractivity contribution in [2.24, 2.45) is 11.8 Å². The minimum Gasteiger partial charge on any atom is -0.396 e. The maximum Gasteiger partial charge on any atom is 0.269 e. The van der Waals surface area contributed by atoms with Crippen LogP contribution in [0.1, 0.15) is 25.5 Å². The van der Waals surface area contributed by atoms with E-state index in [0.717, 1.165) is 0 Å². The second kappa shape index (κ2) is 5.75. The zero-order chi connectivity index (χ0) is 13.0. The molecule has 0 radical (unpaired) electrons. The van der Waals surface area contributed by atoms with Crippen LogP contribution in [0, 0.1) is 22.0 Å². The first kappa shape index (κ1) is 13.6. The largest absolute Gasteiger partial charge is 0.396 e. The number of benzene rings is 1. The van der Waals surface area contributed by atoms with Gasteiger partial charge in [-0.3, -0.25) is 10.1 Å². The Labute approximate surface area is 99.9 Å². The van der Waals surface area contributed by atoms with E-state index in [-0.39, 0.29) is 24.1 Å². The van der Waals surface area contributed by atoms with Crippen molar-refractivity contribution in [1.82, 2.24) is 0 Å². The van der Waals surface area contributed by atoms with Crippen LogP contribution in [-0.4, -0.2) is 21.7 Å². The van der Waals surface area contributed by atoms with Crippen LogP contribution in [0.2, 0.25) is 0 Å². The maximum atomic E-state index is 10.5. The number of nitro groups is 1. The summed E-state index contributed by atoms with van der Waals surface area (Å²) in [5.74, 6) is -0.137. The van der Waals surface area contributed by atoms with Crippen molar-refractivity contribution in [2.45, 2.75) is 20.0 Å².